The number of rotatable bonds is 6. The van der Waals surface area contributed by atoms with E-state index in [-0.39, 0.29) is 38.9 Å². The summed E-state index contributed by atoms with van der Waals surface area (Å²) in [7, 11) is 0. The van der Waals surface area contributed by atoms with Crippen molar-refractivity contribution in [3.63, 3.8) is 0 Å². The molecule has 4 aromatic rings. The molecule has 6 aliphatic rings. The molecule has 16 heteroatoms. The molecule has 0 aliphatic carbocycles. The minimum Gasteiger partial charge on any atom is -0.396 e. The van der Waals surface area contributed by atoms with Crippen LogP contribution in [0.15, 0.2) is 60.9 Å². The Morgan fingerprint density at radius 3 is 1.66 bits per heavy atom. The standard InChI is InChI=1S/2C21H19N3O5/c1-20-14(26)10-21(29-20,7-9-25)16-15(20)18(27)24(19(16)28)13-6-5-12(22-2)17-11(13)4-3-8-23-17;1-20-14(26)9-21(29-20,6-8-25)16-15(20)18(27)24(19(16)28)13-5-4-11(10-22)17-12(13)3-2-7-23-17/h3-6,8,14-16,25-26H,7,9-10H2,1H3;2-5,7,14-16,25-26H,6,8-9H2,1H3/t2*14-,15-,16+,20?,21?/m10/s1. The molecule has 6 aliphatic heterocycles. The van der Waals surface area contributed by atoms with Crippen LogP contribution in [0.1, 0.15) is 45.1 Å². The van der Waals surface area contributed by atoms with Gasteiger partial charge < -0.3 is 29.9 Å². The van der Waals surface area contributed by atoms with Gasteiger partial charge in [-0.2, -0.15) is 5.26 Å². The molecule has 0 spiro atoms. The topological polar surface area (TPSA) is 228 Å². The molecule has 6 fully saturated rings. The van der Waals surface area contributed by atoms with Crippen LogP contribution in [0.3, 0.4) is 0 Å². The number of aliphatic hydroxyl groups is 4. The Balaban J connectivity index is 0.000000150. The third-order valence-electron chi connectivity index (χ3n) is 13.5. The third-order valence-corrected chi connectivity index (χ3v) is 13.5. The van der Waals surface area contributed by atoms with E-state index in [1.165, 1.54) is 0 Å². The minimum absolute atomic E-state index is 0.170. The van der Waals surface area contributed by atoms with Crippen molar-refractivity contribution in [2.45, 2.75) is 74.1 Å². The number of carbonyl (C=O) groups is 4. The lowest BCUT2D eigenvalue weighted by molar-refractivity contribution is -0.135. The predicted molar refractivity (Wildman–Crippen MR) is 203 cm³/mol. The number of benzene rings is 2. The molecule has 2 aromatic heterocycles. The summed E-state index contributed by atoms with van der Waals surface area (Å²) >= 11 is 0. The first-order chi connectivity index (χ1) is 27.8. The van der Waals surface area contributed by atoms with Crippen molar-refractivity contribution < 1.29 is 49.1 Å². The normalized spacial score (nSPS) is 35.4. The number of nitrogens with zero attached hydrogens (tertiary/aromatic N) is 6. The van der Waals surface area contributed by atoms with E-state index in [0.717, 1.165) is 9.80 Å². The van der Waals surface area contributed by atoms with Gasteiger partial charge in [0.05, 0.1) is 81.6 Å². The Morgan fingerprint density at radius 2 is 1.19 bits per heavy atom. The smallest absolute Gasteiger partial charge is 0.240 e. The van der Waals surface area contributed by atoms with E-state index in [9.17, 15) is 44.9 Å². The van der Waals surface area contributed by atoms with Crippen molar-refractivity contribution in [2.24, 2.45) is 23.7 Å². The Labute approximate surface area is 331 Å². The molecule has 4 amide bonds. The van der Waals surface area contributed by atoms with E-state index in [1.54, 1.807) is 74.8 Å². The molecule has 4 unspecified atom stereocenters. The van der Waals surface area contributed by atoms with Gasteiger partial charge in [-0.25, -0.2) is 14.6 Å². The maximum Gasteiger partial charge on any atom is 0.240 e. The lowest BCUT2D eigenvalue weighted by Gasteiger charge is -2.33. The monoisotopic (exact) mass is 786 g/mol. The fourth-order valence-electron chi connectivity index (χ4n) is 11.0. The molecular weight excluding hydrogens is 748 g/mol. The molecule has 6 saturated heterocycles. The molecular formula is C42H38N6O10. The van der Waals surface area contributed by atoms with Crippen molar-refractivity contribution in [3.05, 3.63) is 77.9 Å². The highest BCUT2D eigenvalue weighted by molar-refractivity contribution is 6.27. The summed E-state index contributed by atoms with van der Waals surface area (Å²) in [4.78, 5) is 68.2. The van der Waals surface area contributed by atoms with Gasteiger partial charge in [-0.1, -0.05) is 12.1 Å². The van der Waals surface area contributed by atoms with Gasteiger partial charge in [-0.05, 0) is 50.2 Å². The zero-order valence-electron chi connectivity index (χ0n) is 31.4. The van der Waals surface area contributed by atoms with Crippen molar-refractivity contribution in [1.82, 2.24) is 9.97 Å². The van der Waals surface area contributed by atoms with Crippen LogP contribution in [0.5, 0.6) is 0 Å². The first kappa shape index (κ1) is 37.8. The maximum absolute atomic E-state index is 13.5. The molecule has 0 radical (unpaired) electrons. The maximum atomic E-state index is 13.5. The van der Waals surface area contributed by atoms with Crippen LogP contribution < -0.4 is 9.80 Å². The van der Waals surface area contributed by atoms with Crippen molar-refractivity contribution in [2.75, 3.05) is 23.0 Å². The Hall–Kier alpha value is -5.72. The fourth-order valence-corrected chi connectivity index (χ4v) is 11.0. The molecule has 16 nitrogen and oxygen atoms in total. The average Bonchev–Trinajstić information content (AvgIpc) is 3.96. The molecule has 4 N–H and O–H groups in total. The van der Waals surface area contributed by atoms with Gasteiger partial charge in [0.1, 0.15) is 17.3 Å². The van der Waals surface area contributed by atoms with Gasteiger partial charge in [0.25, 0.3) is 0 Å². The summed E-state index contributed by atoms with van der Waals surface area (Å²) in [5.41, 5.74) is -2.19. The second-order valence-corrected chi connectivity index (χ2v) is 16.3. The molecule has 296 valence electrons. The summed E-state index contributed by atoms with van der Waals surface area (Å²) in [6, 6.07) is 15.2. The summed E-state index contributed by atoms with van der Waals surface area (Å²) in [5.74, 6) is -4.84. The Bertz CT molecular complexity index is 2400. The second kappa shape index (κ2) is 12.9. The van der Waals surface area contributed by atoms with Gasteiger partial charge >= 0.3 is 0 Å². The molecule has 58 heavy (non-hydrogen) atoms. The molecule has 10 rings (SSSR count). The van der Waals surface area contributed by atoms with Crippen LogP contribution >= 0.6 is 0 Å². The van der Waals surface area contributed by atoms with E-state index in [4.69, 9.17) is 16.0 Å². The molecule has 2 aromatic carbocycles. The second-order valence-electron chi connectivity index (χ2n) is 16.3. The number of fused-ring (bicyclic) bond motifs is 12. The van der Waals surface area contributed by atoms with Gasteiger partial charge in [-0.15, -0.1) is 0 Å². The van der Waals surface area contributed by atoms with E-state index in [1.807, 2.05) is 0 Å². The average molecular weight is 787 g/mol. The van der Waals surface area contributed by atoms with Crippen LogP contribution in [0.25, 0.3) is 26.7 Å². The first-order valence-corrected chi connectivity index (χ1v) is 19.0. The number of hydrogen-bond donors (Lipinski definition) is 4. The molecule has 4 bridgehead atoms. The number of hydrogen-bond acceptors (Lipinski definition) is 13. The summed E-state index contributed by atoms with van der Waals surface area (Å²) in [5, 5.41) is 50.7. The number of pyridine rings is 2. The third kappa shape index (κ3) is 4.75. The summed E-state index contributed by atoms with van der Waals surface area (Å²) < 4.78 is 12.2. The van der Waals surface area contributed by atoms with E-state index >= 15 is 0 Å². The molecule has 0 saturated carbocycles. The number of anilines is 2. The predicted octanol–water partition coefficient (Wildman–Crippen LogP) is 2.45. The van der Waals surface area contributed by atoms with Gasteiger partial charge in [-0.3, -0.25) is 29.1 Å². The highest BCUT2D eigenvalue weighted by Gasteiger charge is 2.78. The van der Waals surface area contributed by atoms with Crippen LogP contribution in [-0.4, -0.2) is 102 Å². The first-order valence-electron chi connectivity index (χ1n) is 19.0. The zero-order chi connectivity index (χ0) is 41.1. The van der Waals surface area contributed by atoms with Crippen molar-refractivity contribution in [1.29, 1.82) is 5.26 Å². The van der Waals surface area contributed by atoms with Crippen LogP contribution in [0, 0.1) is 41.6 Å². The largest absolute Gasteiger partial charge is 0.396 e. The number of aromatic nitrogens is 2. The number of carbonyl (C=O) groups excluding carboxylic acids is 4. The number of nitriles is 1. The van der Waals surface area contributed by atoms with Crippen molar-refractivity contribution >= 4 is 62.5 Å². The summed E-state index contributed by atoms with van der Waals surface area (Å²) in [6.07, 6.45) is 2.07. The van der Waals surface area contributed by atoms with Crippen LogP contribution in [0.4, 0.5) is 17.1 Å². The van der Waals surface area contributed by atoms with E-state index in [0.29, 0.717) is 44.4 Å². The summed E-state index contributed by atoms with van der Waals surface area (Å²) in [6.45, 7) is 10.2. The molecule has 8 heterocycles. The quantitative estimate of drug-likeness (QED) is 0.163. The Morgan fingerprint density at radius 1 is 0.741 bits per heavy atom. The van der Waals surface area contributed by atoms with Gasteiger partial charge in [0, 0.05) is 62.1 Å². The highest BCUT2D eigenvalue weighted by Crippen LogP contribution is 2.64. The zero-order valence-corrected chi connectivity index (χ0v) is 31.4. The van der Waals surface area contributed by atoms with E-state index < -0.39 is 81.9 Å². The minimum atomic E-state index is -1.18. The van der Waals surface area contributed by atoms with Crippen LogP contribution in [-0.2, 0) is 28.7 Å². The number of amides is 4. The van der Waals surface area contributed by atoms with E-state index in [2.05, 4.69) is 20.9 Å². The van der Waals surface area contributed by atoms with Gasteiger partial charge in [0.2, 0.25) is 29.3 Å². The van der Waals surface area contributed by atoms with Gasteiger partial charge in [0.15, 0.2) is 0 Å². The van der Waals surface area contributed by atoms with Crippen molar-refractivity contribution in [3.8, 4) is 6.07 Å². The number of aliphatic hydroxyl groups excluding tert-OH is 4. The molecule has 10 atom stereocenters. The Kier molecular flexibility index (Phi) is 8.41. The van der Waals surface area contributed by atoms with Crippen LogP contribution in [0.2, 0.25) is 0 Å². The fraction of sp³-hybridized carbons (Fsp3) is 0.429. The lowest BCUT2D eigenvalue weighted by atomic mass is 9.66. The number of imide groups is 2. The number of ether oxygens (including phenoxy) is 2. The highest BCUT2D eigenvalue weighted by atomic mass is 16.6. The SMILES string of the molecule is CC12OC(CCO)(C[C@@H]1O)[C@H]1C(=O)N(c3ccc(C#N)c4ncccc34)C(=O)[C@H]12.[C-]#[N+]c1ccc(N2C(=O)[C@@H]3[C@H](C2=O)C2(C)OC3(CCO)C[C@H]2O)c2cccnc12. The lowest BCUT2D eigenvalue weighted by Crippen LogP contribution is -2.49.